The normalized spacial score (nSPS) is 14.0. The molecule has 1 amide bonds. The summed E-state index contributed by atoms with van der Waals surface area (Å²) < 4.78 is 28.3. The van der Waals surface area contributed by atoms with Gasteiger partial charge in [-0.1, -0.05) is 18.2 Å². The first-order valence-electron chi connectivity index (χ1n) is 7.57. The minimum absolute atomic E-state index is 0.223. The molecule has 122 valence electrons. The van der Waals surface area contributed by atoms with Crippen molar-refractivity contribution in [3.8, 4) is 0 Å². The number of amides is 1. The lowest BCUT2D eigenvalue weighted by Gasteiger charge is -2.27. The van der Waals surface area contributed by atoms with Gasteiger partial charge in [-0.05, 0) is 34.1 Å². The molecule has 0 spiro atoms. The van der Waals surface area contributed by atoms with Gasteiger partial charge in [-0.3, -0.25) is 4.79 Å². The number of fused-ring (bicyclic) bond motifs is 3. The highest BCUT2D eigenvalue weighted by Crippen LogP contribution is 2.32. The number of nitrogens with zero attached hydrogens (tertiary/aromatic N) is 1. The van der Waals surface area contributed by atoms with Crippen LogP contribution in [0, 0.1) is 11.6 Å². The van der Waals surface area contributed by atoms with Gasteiger partial charge in [0.05, 0.1) is 11.1 Å². The molecule has 0 bridgehead atoms. The molecule has 1 aliphatic rings. The lowest BCUT2D eigenvalue weighted by Crippen LogP contribution is -2.36. The van der Waals surface area contributed by atoms with Gasteiger partial charge in [-0.2, -0.15) is 0 Å². The molecule has 0 aliphatic carbocycles. The maximum Gasteiger partial charge on any atom is 0.257 e. The van der Waals surface area contributed by atoms with Crippen molar-refractivity contribution in [3.63, 3.8) is 0 Å². The molecule has 3 nitrogen and oxygen atoms in total. The molecule has 3 aromatic rings. The zero-order valence-electron chi connectivity index (χ0n) is 12.6. The number of aromatic nitrogens is 1. The van der Waals surface area contributed by atoms with Gasteiger partial charge in [0, 0.05) is 40.6 Å². The third-order valence-corrected chi connectivity index (χ3v) is 5.09. The fourth-order valence-corrected chi connectivity index (χ4v) is 3.68. The summed E-state index contributed by atoms with van der Waals surface area (Å²) in [5.74, 6) is -2.58. The predicted molar refractivity (Wildman–Crippen MR) is 90.8 cm³/mol. The van der Waals surface area contributed by atoms with Gasteiger partial charge in [-0.25, -0.2) is 8.78 Å². The van der Waals surface area contributed by atoms with Crippen LogP contribution in [-0.4, -0.2) is 22.3 Å². The average Bonchev–Trinajstić information content (AvgIpc) is 2.96. The van der Waals surface area contributed by atoms with E-state index in [2.05, 4.69) is 20.9 Å². The Morgan fingerprint density at radius 2 is 1.96 bits per heavy atom. The first kappa shape index (κ1) is 15.3. The summed E-state index contributed by atoms with van der Waals surface area (Å²) in [5.41, 5.74) is 2.89. The van der Waals surface area contributed by atoms with E-state index in [0.29, 0.717) is 19.5 Å². The average molecular weight is 391 g/mol. The summed E-state index contributed by atoms with van der Waals surface area (Å²) in [6.45, 7) is 0.840. The monoisotopic (exact) mass is 390 g/mol. The standard InChI is InChI=1S/C18H13BrF2N2O/c19-13-5-1-3-10-12-9-23(8-7-15(12)22-17(10)13)18(24)11-4-2-6-14(20)16(11)21/h1-6,22H,7-9H2. The van der Waals surface area contributed by atoms with Crippen LogP contribution < -0.4 is 0 Å². The molecular weight excluding hydrogens is 378 g/mol. The predicted octanol–water partition coefficient (Wildman–Crippen LogP) is 4.41. The maximum absolute atomic E-state index is 13.9. The van der Waals surface area contributed by atoms with E-state index < -0.39 is 17.5 Å². The Bertz CT molecular complexity index is 967. The van der Waals surface area contributed by atoms with Crippen LogP contribution in [0.2, 0.25) is 0 Å². The number of carbonyl (C=O) groups is 1. The molecule has 1 N–H and O–H groups in total. The first-order valence-corrected chi connectivity index (χ1v) is 8.37. The molecule has 6 heteroatoms. The van der Waals surface area contributed by atoms with Crippen LogP contribution in [0.5, 0.6) is 0 Å². The first-order chi connectivity index (χ1) is 11.6. The smallest absolute Gasteiger partial charge is 0.257 e. The minimum atomic E-state index is -1.09. The second kappa shape index (κ2) is 5.70. The highest BCUT2D eigenvalue weighted by molar-refractivity contribution is 9.10. The molecule has 4 rings (SSSR count). The fraction of sp³-hybridized carbons (Fsp3) is 0.167. The van der Waals surface area contributed by atoms with E-state index >= 15 is 0 Å². The van der Waals surface area contributed by atoms with Crippen molar-refractivity contribution in [2.75, 3.05) is 6.54 Å². The quantitative estimate of drug-likeness (QED) is 0.656. The topological polar surface area (TPSA) is 36.1 Å². The van der Waals surface area contributed by atoms with E-state index in [-0.39, 0.29) is 5.56 Å². The Hall–Kier alpha value is -2.21. The van der Waals surface area contributed by atoms with E-state index in [1.165, 1.54) is 12.1 Å². The number of para-hydroxylation sites is 1. The summed E-state index contributed by atoms with van der Waals surface area (Å²) in [7, 11) is 0. The lowest BCUT2D eigenvalue weighted by molar-refractivity contribution is 0.0729. The van der Waals surface area contributed by atoms with Crippen molar-refractivity contribution < 1.29 is 13.6 Å². The largest absolute Gasteiger partial charge is 0.357 e. The molecule has 0 saturated heterocycles. The van der Waals surface area contributed by atoms with Crippen LogP contribution in [-0.2, 0) is 13.0 Å². The zero-order valence-corrected chi connectivity index (χ0v) is 14.2. The number of rotatable bonds is 1. The second-order valence-electron chi connectivity index (χ2n) is 5.82. The summed E-state index contributed by atoms with van der Waals surface area (Å²) in [5, 5.41) is 1.04. The summed E-state index contributed by atoms with van der Waals surface area (Å²) >= 11 is 3.52. The van der Waals surface area contributed by atoms with Crippen molar-refractivity contribution >= 4 is 32.7 Å². The van der Waals surface area contributed by atoms with Gasteiger partial charge < -0.3 is 9.88 Å². The molecule has 1 aromatic heterocycles. The molecule has 0 fully saturated rings. The Kier molecular flexibility index (Phi) is 3.64. The number of H-pyrrole nitrogens is 1. The van der Waals surface area contributed by atoms with Crippen molar-refractivity contribution in [2.45, 2.75) is 13.0 Å². The highest BCUT2D eigenvalue weighted by Gasteiger charge is 2.27. The summed E-state index contributed by atoms with van der Waals surface area (Å²) in [6.07, 6.45) is 0.652. The van der Waals surface area contributed by atoms with Gasteiger partial charge in [0.25, 0.3) is 5.91 Å². The molecular formula is C18H13BrF2N2O. The Balaban J connectivity index is 1.71. The summed E-state index contributed by atoms with van der Waals surface area (Å²) in [6, 6.07) is 9.57. The Morgan fingerprint density at radius 3 is 2.79 bits per heavy atom. The molecule has 0 saturated carbocycles. The number of carbonyl (C=O) groups excluding carboxylic acids is 1. The van der Waals surface area contributed by atoms with Crippen molar-refractivity contribution in [2.24, 2.45) is 0 Å². The number of benzene rings is 2. The number of aromatic amines is 1. The second-order valence-corrected chi connectivity index (χ2v) is 6.68. The molecule has 2 heterocycles. The highest BCUT2D eigenvalue weighted by atomic mass is 79.9. The Morgan fingerprint density at radius 1 is 1.17 bits per heavy atom. The maximum atomic E-state index is 13.9. The number of halogens is 3. The van der Waals surface area contributed by atoms with Gasteiger partial charge >= 0.3 is 0 Å². The number of nitrogens with one attached hydrogen (secondary N) is 1. The van der Waals surface area contributed by atoms with Gasteiger partial charge in [0.15, 0.2) is 11.6 Å². The summed E-state index contributed by atoms with van der Waals surface area (Å²) in [4.78, 5) is 17.6. The number of hydrogen-bond donors (Lipinski definition) is 1. The molecule has 2 aromatic carbocycles. The molecule has 1 aliphatic heterocycles. The van der Waals surface area contributed by atoms with Gasteiger partial charge in [0.2, 0.25) is 0 Å². The van der Waals surface area contributed by atoms with E-state index in [4.69, 9.17) is 0 Å². The van der Waals surface area contributed by atoms with E-state index in [1.807, 2.05) is 18.2 Å². The molecule has 0 unspecified atom stereocenters. The SMILES string of the molecule is O=C(c1cccc(F)c1F)N1CCc2[nH]c3c(Br)cccc3c2C1. The van der Waals surface area contributed by atoms with Crippen molar-refractivity contribution in [1.82, 2.24) is 9.88 Å². The van der Waals surface area contributed by atoms with E-state index in [9.17, 15) is 13.6 Å². The molecule has 0 atom stereocenters. The third-order valence-electron chi connectivity index (χ3n) is 4.43. The Labute approximate surface area is 145 Å². The van der Waals surface area contributed by atoms with Crippen LogP contribution in [0.1, 0.15) is 21.6 Å². The molecule has 24 heavy (non-hydrogen) atoms. The van der Waals surface area contributed by atoms with Crippen molar-refractivity contribution in [3.05, 3.63) is 69.3 Å². The number of hydrogen-bond acceptors (Lipinski definition) is 1. The van der Waals surface area contributed by atoms with Crippen LogP contribution in [0.25, 0.3) is 10.9 Å². The zero-order chi connectivity index (χ0) is 16.8. The van der Waals surface area contributed by atoms with Gasteiger partial charge in [0.1, 0.15) is 0 Å². The van der Waals surface area contributed by atoms with Crippen LogP contribution in [0.4, 0.5) is 8.78 Å². The molecule has 0 radical (unpaired) electrons. The minimum Gasteiger partial charge on any atom is -0.357 e. The van der Waals surface area contributed by atoms with Crippen LogP contribution >= 0.6 is 15.9 Å². The van der Waals surface area contributed by atoms with E-state index in [1.54, 1.807) is 4.90 Å². The third kappa shape index (κ3) is 2.33. The lowest BCUT2D eigenvalue weighted by atomic mass is 10.0. The van der Waals surface area contributed by atoms with Crippen LogP contribution in [0.3, 0.4) is 0 Å². The van der Waals surface area contributed by atoms with Gasteiger partial charge in [-0.15, -0.1) is 0 Å². The van der Waals surface area contributed by atoms with E-state index in [0.717, 1.165) is 32.7 Å². The van der Waals surface area contributed by atoms with Crippen LogP contribution in [0.15, 0.2) is 40.9 Å². The van der Waals surface area contributed by atoms with Crippen molar-refractivity contribution in [1.29, 1.82) is 0 Å². The fourth-order valence-electron chi connectivity index (χ4n) is 3.21.